The Morgan fingerprint density at radius 2 is 2.05 bits per heavy atom. The maximum absolute atomic E-state index is 11.2. The predicted molar refractivity (Wildman–Crippen MR) is 79.1 cm³/mol. The van der Waals surface area contributed by atoms with Crippen molar-refractivity contribution in [1.82, 2.24) is 31.3 Å². The number of carboxylic acids is 2. The third-order valence-corrected chi connectivity index (χ3v) is 3.05. The minimum absolute atomic E-state index is 0.0109. The van der Waals surface area contributed by atoms with Crippen LogP contribution in [0.15, 0.2) is 0 Å². The van der Waals surface area contributed by atoms with Crippen LogP contribution in [0.1, 0.15) is 32.0 Å². The Kier molecular flexibility index (Phi) is 7.16. The van der Waals surface area contributed by atoms with Crippen LogP contribution in [0.3, 0.4) is 0 Å². The number of aryl methyl sites for hydroxylation is 1. The molecular weight excluding hydrogens is 312 g/mol. The number of aromatic nitrogens is 4. The number of nitrogens with one attached hydrogen (secondary N) is 3. The summed E-state index contributed by atoms with van der Waals surface area (Å²) in [6.45, 7) is 1.77. The Bertz CT molecular complexity index is 509. The highest BCUT2D eigenvalue weighted by Gasteiger charge is 2.19. The van der Waals surface area contributed by atoms with Crippen molar-refractivity contribution in [3.05, 3.63) is 5.82 Å². The van der Waals surface area contributed by atoms with Crippen LogP contribution in [0.2, 0.25) is 0 Å². The molecule has 2 atom stereocenters. The lowest BCUT2D eigenvalue weighted by Gasteiger charge is -2.20. The summed E-state index contributed by atoms with van der Waals surface area (Å²) in [5.74, 6) is -1.52. The predicted octanol–water partition coefficient (Wildman–Crippen LogP) is -0.697. The van der Waals surface area contributed by atoms with Gasteiger partial charge in [0, 0.05) is 18.9 Å². The van der Waals surface area contributed by atoms with E-state index >= 15 is 0 Å². The Morgan fingerprint density at radius 3 is 2.59 bits per heavy atom. The molecule has 1 aromatic heterocycles. The van der Waals surface area contributed by atoms with Gasteiger partial charge in [-0.1, -0.05) is 5.21 Å². The number of hydrogen-bond acceptors (Lipinski definition) is 6. The van der Waals surface area contributed by atoms with E-state index in [1.165, 1.54) is 0 Å². The lowest BCUT2D eigenvalue weighted by molar-refractivity contribution is -0.139. The van der Waals surface area contributed by atoms with E-state index in [1.807, 2.05) is 0 Å². The molecule has 0 spiro atoms. The van der Waals surface area contributed by atoms with Gasteiger partial charge in [-0.15, -0.1) is 10.2 Å². The molecular formula is C11H18N6O4S. The first-order valence-electron chi connectivity index (χ1n) is 6.62. The molecule has 0 aliphatic carbocycles. The van der Waals surface area contributed by atoms with Gasteiger partial charge in [-0.3, -0.25) is 4.79 Å². The molecule has 0 amide bonds. The minimum Gasteiger partial charge on any atom is -0.481 e. The number of thiocarbonyl (C=S) groups is 1. The summed E-state index contributed by atoms with van der Waals surface area (Å²) >= 11 is 5.04. The molecule has 1 rings (SSSR count). The maximum Gasteiger partial charge on any atom is 0.326 e. The van der Waals surface area contributed by atoms with Gasteiger partial charge in [0.25, 0.3) is 0 Å². The number of hydrogen-bond donors (Lipinski definition) is 5. The van der Waals surface area contributed by atoms with Gasteiger partial charge < -0.3 is 20.8 Å². The average molecular weight is 330 g/mol. The molecule has 1 heterocycles. The summed E-state index contributed by atoms with van der Waals surface area (Å²) in [4.78, 5) is 21.7. The SMILES string of the molecule is C[C@H](CCC(=O)O)NC(=S)N[C@@H](CCc1nn[nH]n1)C(=O)O. The van der Waals surface area contributed by atoms with E-state index in [4.69, 9.17) is 22.4 Å². The smallest absolute Gasteiger partial charge is 0.326 e. The Morgan fingerprint density at radius 1 is 1.32 bits per heavy atom. The zero-order chi connectivity index (χ0) is 16.5. The summed E-state index contributed by atoms with van der Waals surface area (Å²) in [5, 5.41) is 36.6. The number of tetrazole rings is 1. The van der Waals surface area contributed by atoms with E-state index in [9.17, 15) is 9.59 Å². The van der Waals surface area contributed by atoms with E-state index in [0.29, 0.717) is 18.7 Å². The molecule has 11 heteroatoms. The van der Waals surface area contributed by atoms with Crippen molar-refractivity contribution in [1.29, 1.82) is 0 Å². The lowest BCUT2D eigenvalue weighted by atomic mass is 10.1. The van der Waals surface area contributed by atoms with Crippen LogP contribution in [0.4, 0.5) is 0 Å². The van der Waals surface area contributed by atoms with Crippen molar-refractivity contribution in [3.8, 4) is 0 Å². The molecule has 1 aromatic rings. The van der Waals surface area contributed by atoms with E-state index < -0.39 is 18.0 Å². The number of carboxylic acid groups (broad SMARTS) is 2. The van der Waals surface area contributed by atoms with Gasteiger partial charge in [0.15, 0.2) is 10.9 Å². The fourth-order valence-electron chi connectivity index (χ4n) is 1.66. The van der Waals surface area contributed by atoms with Crippen molar-refractivity contribution in [2.75, 3.05) is 0 Å². The van der Waals surface area contributed by atoms with Crippen LogP contribution >= 0.6 is 12.2 Å². The Labute approximate surface area is 131 Å². The van der Waals surface area contributed by atoms with Gasteiger partial charge >= 0.3 is 11.9 Å². The maximum atomic E-state index is 11.2. The van der Waals surface area contributed by atoms with Crippen molar-refractivity contribution < 1.29 is 19.8 Å². The van der Waals surface area contributed by atoms with Crippen LogP contribution in [-0.4, -0.2) is 60.0 Å². The quantitative estimate of drug-likeness (QED) is 0.367. The molecule has 0 aliphatic heterocycles. The Balaban J connectivity index is 2.39. The number of carbonyl (C=O) groups is 2. The van der Waals surface area contributed by atoms with Crippen molar-refractivity contribution in [2.45, 2.75) is 44.7 Å². The highest BCUT2D eigenvalue weighted by molar-refractivity contribution is 7.80. The first kappa shape index (κ1) is 17.8. The number of H-pyrrole nitrogens is 1. The van der Waals surface area contributed by atoms with Crippen LogP contribution in [-0.2, 0) is 16.0 Å². The van der Waals surface area contributed by atoms with E-state index in [-0.39, 0.29) is 24.0 Å². The highest BCUT2D eigenvalue weighted by Crippen LogP contribution is 2.00. The third kappa shape index (κ3) is 6.92. The molecule has 0 saturated heterocycles. The number of nitrogens with zero attached hydrogens (tertiary/aromatic N) is 3. The first-order chi connectivity index (χ1) is 10.4. The highest BCUT2D eigenvalue weighted by atomic mass is 32.1. The number of rotatable bonds is 9. The lowest BCUT2D eigenvalue weighted by Crippen LogP contribution is -2.48. The van der Waals surface area contributed by atoms with Gasteiger partial charge in [-0.25, -0.2) is 4.79 Å². The van der Waals surface area contributed by atoms with Crippen LogP contribution in [0.5, 0.6) is 0 Å². The summed E-state index contributed by atoms with van der Waals surface area (Å²) in [5.41, 5.74) is 0. The molecule has 10 nitrogen and oxygen atoms in total. The normalized spacial score (nSPS) is 13.1. The van der Waals surface area contributed by atoms with Crippen LogP contribution < -0.4 is 10.6 Å². The Hall–Kier alpha value is -2.30. The summed E-state index contributed by atoms with van der Waals surface area (Å²) in [7, 11) is 0. The fourth-order valence-corrected chi connectivity index (χ4v) is 2.00. The monoisotopic (exact) mass is 330 g/mol. The zero-order valence-corrected chi connectivity index (χ0v) is 12.8. The van der Waals surface area contributed by atoms with Crippen LogP contribution in [0, 0.1) is 0 Å². The second-order valence-corrected chi connectivity index (χ2v) is 5.12. The molecule has 0 bridgehead atoms. The first-order valence-corrected chi connectivity index (χ1v) is 7.03. The number of aliphatic carboxylic acids is 2. The molecule has 0 aliphatic rings. The minimum atomic E-state index is -1.05. The molecule has 0 saturated carbocycles. The van der Waals surface area contributed by atoms with Gasteiger partial charge in [0.05, 0.1) is 0 Å². The molecule has 0 unspecified atom stereocenters. The van der Waals surface area contributed by atoms with Gasteiger partial charge in [0.2, 0.25) is 0 Å². The van der Waals surface area contributed by atoms with Crippen LogP contribution in [0.25, 0.3) is 0 Å². The topological polar surface area (TPSA) is 153 Å². The van der Waals surface area contributed by atoms with E-state index in [2.05, 4.69) is 31.3 Å². The molecule has 122 valence electrons. The zero-order valence-electron chi connectivity index (χ0n) is 11.9. The summed E-state index contributed by atoms with van der Waals surface area (Å²) in [6.07, 6.45) is 0.965. The molecule has 0 aromatic carbocycles. The second kappa shape index (κ2) is 8.87. The molecule has 0 fully saturated rings. The van der Waals surface area contributed by atoms with Crippen molar-refractivity contribution in [3.63, 3.8) is 0 Å². The number of aromatic amines is 1. The third-order valence-electron chi connectivity index (χ3n) is 2.82. The molecule has 0 radical (unpaired) electrons. The average Bonchev–Trinajstić information content (AvgIpc) is 2.94. The van der Waals surface area contributed by atoms with E-state index in [0.717, 1.165) is 0 Å². The van der Waals surface area contributed by atoms with Gasteiger partial charge in [-0.05, 0) is 32.0 Å². The van der Waals surface area contributed by atoms with E-state index in [1.54, 1.807) is 6.92 Å². The van der Waals surface area contributed by atoms with Crippen molar-refractivity contribution in [2.24, 2.45) is 0 Å². The molecule has 5 N–H and O–H groups in total. The molecule has 22 heavy (non-hydrogen) atoms. The second-order valence-electron chi connectivity index (χ2n) is 4.71. The fraction of sp³-hybridized carbons (Fsp3) is 0.636. The summed E-state index contributed by atoms with van der Waals surface area (Å²) in [6, 6.07) is -1.08. The standard InChI is InChI=1S/C11H18N6O4S/c1-6(2-5-9(18)19)12-11(22)13-7(10(20)21)3-4-8-14-16-17-15-8/h6-7H,2-5H2,1H3,(H,18,19)(H,20,21)(H2,12,13,22)(H,14,15,16,17)/t6-,7+/m1/s1. The summed E-state index contributed by atoms with van der Waals surface area (Å²) < 4.78 is 0. The van der Waals surface area contributed by atoms with Crippen molar-refractivity contribution >= 4 is 29.3 Å². The van der Waals surface area contributed by atoms with Gasteiger partial charge in [-0.2, -0.15) is 5.21 Å². The van der Waals surface area contributed by atoms with Gasteiger partial charge in [0.1, 0.15) is 6.04 Å². The largest absolute Gasteiger partial charge is 0.481 e.